The Morgan fingerprint density at radius 2 is 2.08 bits per heavy atom. The van der Waals surface area contributed by atoms with Crippen molar-refractivity contribution in [2.75, 3.05) is 0 Å². The van der Waals surface area contributed by atoms with Gasteiger partial charge >= 0.3 is 0 Å². The topological polar surface area (TPSA) is 64.4 Å². The van der Waals surface area contributed by atoms with Gasteiger partial charge in [0.2, 0.25) is 0 Å². The summed E-state index contributed by atoms with van der Waals surface area (Å²) in [5, 5.41) is 0. The molecule has 74 valence electrons. The molecule has 0 aromatic rings. The summed E-state index contributed by atoms with van der Waals surface area (Å²) in [5.41, 5.74) is 12.4. The average molecular weight is 181 g/mol. The lowest BCUT2D eigenvalue weighted by atomic mass is 9.85. The van der Waals surface area contributed by atoms with Crippen LogP contribution >= 0.6 is 0 Å². The fourth-order valence-corrected chi connectivity index (χ4v) is 1.50. The fraction of sp³-hybridized carbons (Fsp3) is 0.700. The van der Waals surface area contributed by atoms with Gasteiger partial charge in [-0.1, -0.05) is 20.8 Å². The number of hydrogen-bond acceptors (Lipinski definition) is 3. The highest BCUT2D eigenvalue weighted by Gasteiger charge is 2.32. The van der Waals surface area contributed by atoms with E-state index in [0.29, 0.717) is 6.04 Å². The van der Waals surface area contributed by atoms with Crippen LogP contribution in [-0.2, 0) is 0 Å². The van der Waals surface area contributed by atoms with Gasteiger partial charge in [-0.15, -0.1) is 0 Å². The van der Waals surface area contributed by atoms with Crippen molar-refractivity contribution < 1.29 is 0 Å². The molecule has 0 aromatic heterocycles. The number of nitrogens with two attached hydrogens (primary N) is 2. The molecule has 3 nitrogen and oxygen atoms in total. The first kappa shape index (κ1) is 10.3. The van der Waals surface area contributed by atoms with Gasteiger partial charge in [-0.2, -0.15) is 0 Å². The van der Waals surface area contributed by atoms with Crippen LogP contribution in [0.25, 0.3) is 0 Å². The van der Waals surface area contributed by atoms with Gasteiger partial charge in [0, 0.05) is 6.04 Å². The molecule has 1 rings (SSSR count). The summed E-state index contributed by atoms with van der Waals surface area (Å²) >= 11 is 0. The third-order valence-corrected chi connectivity index (χ3v) is 2.43. The number of hydrogen-bond donors (Lipinski definition) is 2. The Balaban J connectivity index is 2.77. The minimum absolute atomic E-state index is 0.0593. The van der Waals surface area contributed by atoms with E-state index in [-0.39, 0.29) is 11.5 Å². The van der Waals surface area contributed by atoms with E-state index in [0.717, 1.165) is 12.1 Å². The lowest BCUT2D eigenvalue weighted by Crippen LogP contribution is -2.29. The second-order valence-corrected chi connectivity index (χ2v) is 4.64. The van der Waals surface area contributed by atoms with E-state index in [9.17, 15) is 0 Å². The van der Waals surface area contributed by atoms with Crippen molar-refractivity contribution in [2.45, 2.75) is 39.3 Å². The number of nitrogens with zero attached hydrogens (tertiary/aromatic N) is 1. The van der Waals surface area contributed by atoms with E-state index in [1.54, 1.807) is 6.08 Å². The molecule has 0 spiro atoms. The van der Waals surface area contributed by atoms with E-state index >= 15 is 0 Å². The molecule has 13 heavy (non-hydrogen) atoms. The molecule has 3 heteroatoms. The lowest BCUT2D eigenvalue weighted by molar-refractivity contribution is 0.317. The van der Waals surface area contributed by atoms with Crippen LogP contribution in [0.2, 0.25) is 0 Å². The van der Waals surface area contributed by atoms with Crippen LogP contribution in [0.4, 0.5) is 0 Å². The SMILES string of the molecule is CC(C)(C)[C@H]1C[C@@H](N)C(C=CN)=N1. The lowest BCUT2D eigenvalue weighted by Gasteiger charge is -2.24. The van der Waals surface area contributed by atoms with Crippen LogP contribution in [0.5, 0.6) is 0 Å². The molecule has 0 fully saturated rings. The van der Waals surface area contributed by atoms with Crippen molar-refractivity contribution in [2.24, 2.45) is 21.9 Å². The highest BCUT2D eigenvalue weighted by molar-refractivity contribution is 6.00. The molecule has 0 unspecified atom stereocenters. The van der Waals surface area contributed by atoms with Gasteiger partial charge in [-0.25, -0.2) is 0 Å². The second-order valence-electron chi connectivity index (χ2n) is 4.64. The highest BCUT2D eigenvalue weighted by atomic mass is 14.9. The maximum absolute atomic E-state index is 5.91. The molecular formula is C10H19N3. The van der Waals surface area contributed by atoms with Gasteiger partial charge in [-0.3, -0.25) is 4.99 Å². The second kappa shape index (κ2) is 3.50. The van der Waals surface area contributed by atoms with E-state index in [2.05, 4.69) is 25.8 Å². The zero-order chi connectivity index (χ0) is 10.1. The summed E-state index contributed by atoms with van der Waals surface area (Å²) in [5.74, 6) is 0. The molecule has 0 saturated heterocycles. The summed E-state index contributed by atoms with van der Waals surface area (Å²) in [4.78, 5) is 4.55. The zero-order valence-electron chi connectivity index (χ0n) is 8.62. The summed E-state index contributed by atoms with van der Waals surface area (Å²) in [7, 11) is 0. The van der Waals surface area contributed by atoms with Crippen LogP contribution in [-0.4, -0.2) is 17.8 Å². The Hall–Kier alpha value is -0.830. The monoisotopic (exact) mass is 181 g/mol. The van der Waals surface area contributed by atoms with Crippen LogP contribution < -0.4 is 11.5 Å². The Kier molecular flexibility index (Phi) is 2.76. The summed E-state index contributed by atoms with van der Waals surface area (Å²) in [6.07, 6.45) is 4.24. The van der Waals surface area contributed by atoms with Crippen molar-refractivity contribution in [3.8, 4) is 0 Å². The van der Waals surface area contributed by atoms with Crippen LogP contribution in [0.3, 0.4) is 0 Å². The third-order valence-electron chi connectivity index (χ3n) is 2.43. The van der Waals surface area contributed by atoms with Gasteiger partial charge in [0.1, 0.15) is 0 Å². The smallest absolute Gasteiger partial charge is 0.0570 e. The Labute approximate surface area is 79.9 Å². The minimum atomic E-state index is 0.0593. The predicted octanol–water partition coefficient (Wildman–Crippen LogP) is 1.05. The Morgan fingerprint density at radius 1 is 1.46 bits per heavy atom. The first-order valence-corrected chi connectivity index (χ1v) is 4.66. The number of aliphatic imine (C=N–C) groups is 1. The standard InChI is InChI=1S/C10H19N3/c1-10(2,3)9-6-7(12)8(13-9)4-5-11/h4-5,7,9H,6,11-12H2,1-3H3/t7-,9-/m1/s1. The molecule has 2 atom stereocenters. The molecule has 0 saturated carbocycles. The largest absolute Gasteiger partial charge is 0.405 e. The first-order chi connectivity index (χ1) is 5.95. The third kappa shape index (κ3) is 2.31. The van der Waals surface area contributed by atoms with Crippen molar-refractivity contribution in [3.63, 3.8) is 0 Å². The van der Waals surface area contributed by atoms with Crippen LogP contribution in [0, 0.1) is 5.41 Å². The first-order valence-electron chi connectivity index (χ1n) is 4.66. The molecule has 0 radical (unpaired) electrons. The normalized spacial score (nSPS) is 29.7. The zero-order valence-corrected chi connectivity index (χ0v) is 8.62. The maximum Gasteiger partial charge on any atom is 0.0570 e. The molecule has 1 heterocycles. The van der Waals surface area contributed by atoms with E-state index in [1.807, 2.05) is 0 Å². The number of rotatable bonds is 1. The van der Waals surface area contributed by atoms with Gasteiger partial charge < -0.3 is 11.5 Å². The summed E-state index contributed by atoms with van der Waals surface area (Å²) in [6.45, 7) is 6.55. The van der Waals surface area contributed by atoms with E-state index < -0.39 is 0 Å². The van der Waals surface area contributed by atoms with Gasteiger partial charge in [0.05, 0.1) is 11.8 Å². The molecule has 1 aliphatic rings. The maximum atomic E-state index is 5.91. The van der Waals surface area contributed by atoms with Gasteiger partial charge in [-0.05, 0) is 24.1 Å². The molecule has 0 aliphatic carbocycles. The van der Waals surface area contributed by atoms with Gasteiger partial charge in [0.25, 0.3) is 0 Å². The minimum Gasteiger partial charge on any atom is -0.405 e. The molecular weight excluding hydrogens is 162 g/mol. The Bertz CT molecular complexity index is 235. The molecule has 1 aliphatic heterocycles. The predicted molar refractivity (Wildman–Crippen MR) is 56.6 cm³/mol. The highest BCUT2D eigenvalue weighted by Crippen LogP contribution is 2.30. The van der Waals surface area contributed by atoms with Crippen molar-refractivity contribution in [1.29, 1.82) is 0 Å². The van der Waals surface area contributed by atoms with Crippen LogP contribution in [0.15, 0.2) is 17.3 Å². The van der Waals surface area contributed by atoms with E-state index in [1.165, 1.54) is 6.20 Å². The van der Waals surface area contributed by atoms with Crippen LogP contribution in [0.1, 0.15) is 27.2 Å². The summed E-state index contributed by atoms with van der Waals surface area (Å²) in [6, 6.07) is 0.387. The van der Waals surface area contributed by atoms with Crippen molar-refractivity contribution in [3.05, 3.63) is 12.3 Å². The van der Waals surface area contributed by atoms with Crippen molar-refractivity contribution >= 4 is 5.71 Å². The molecule has 0 aromatic carbocycles. The van der Waals surface area contributed by atoms with Gasteiger partial charge in [0.15, 0.2) is 0 Å². The molecule has 0 amide bonds. The van der Waals surface area contributed by atoms with Crippen molar-refractivity contribution in [1.82, 2.24) is 0 Å². The Morgan fingerprint density at radius 3 is 2.46 bits per heavy atom. The average Bonchev–Trinajstić information content (AvgIpc) is 2.32. The quantitative estimate of drug-likeness (QED) is 0.635. The fourth-order valence-electron chi connectivity index (χ4n) is 1.50. The summed E-state index contributed by atoms with van der Waals surface area (Å²) < 4.78 is 0. The molecule has 4 N–H and O–H groups in total. The molecule has 0 bridgehead atoms. The van der Waals surface area contributed by atoms with E-state index in [4.69, 9.17) is 11.5 Å².